The number of benzene rings is 5. The number of carboxylic acids is 1. The average Bonchev–Trinajstić information content (AvgIpc) is 3.42. The van der Waals surface area contributed by atoms with Crippen LogP contribution >= 0.6 is 0 Å². The molecular weight excluding hydrogens is 685 g/mol. The predicted octanol–water partition coefficient (Wildman–Crippen LogP) is 8.96. The van der Waals surface area contributed by atoms with E-state index in [1.807, 2.05) is 125 Å². The highest BCUT2D eigenvalue weighted by Gasteiger charge is 2.55. The van der Waals surface area contributed by atoms with E-state index in [2.05, 4.69) is 69.3 Å². The first-order valence-electron chi connectivity index (χ1n) is 18.5. The van der Waals surface area contributed by atoms with Crippen molar-refractivity contribution in [1.82, 2.24) is 4.90 Å². The number of carbonyl (C=O) groups excluding carboxylic acids is 1. The Labute approximate surface area is 321 Å². The van der Waals surface area contributed by atoms with Crippen LogP contribution in [-0.4, -0.2) is 42.6 Å². The monoisotopic (exact) mass is 734 g/mol. The van der Waals surface area contributed by atoms with Crippen molar-refractivity contribution in [2.45, 2.75) is 58.9 Å². The van der Waals surface area contributed by atoms with Crippen LogP contribution in [0.4, 0.5) is 0 Å². The van der Waals surface area contributed by atoms with Gasteiger partial charge in [0.25, 0.3) is 5.91 Å². The molecule has 5 aromatic rings. The second-order valence-corrected chi connectivity index (χ2v) is 20.4. The summed E-state index contributed by atoms with van der Waals surface area (Å²) in [6.07, 6.45) is 1.80. The molecule has 0 saturated carbocycles. The predicted molar refractivity (Wildman–Crippen MR) is 222 cm³/mol. The molecule has 1 unspecified atom stereocenters. The molecule has 6 nitrogen and oxygen atoms in total. The first-order valence-corrected chi connectivity index (χ1v) is 20.4. The number of aliphatic carboxylic acids is 1. The summed E-state index contributed by atoms with van der Waals surface area (Å²) in [7, 11) is -2.82. The largest absolute Gasteiger partial charge is 0.534 e. The minimum atomic E-state index is -2.82. The van der Waals surface area contributed by atoms with Crippen molar-refractivity contribution in [2.75, 3.05) is 6.54 Å². The van der Waals surface area contributed by atoms with Gasteiger partial charge in [0.2, 0.25) is 0 Å². The number of carbonyl (C=O) groups is 2. The van der Waals surface area contributed by atoms with Crippen LogP contribution in [-0.2, 0) is 15.0 Å². The third-order valence-electron chi connectivity index (χ3n) is 10.7. The Morgan fingerprint density at radius 3 is 1.57 bits per heavy atom. The second kappa shape index (κ2) is 15.1. The lowest BCUT2D eigenvalue weighted by molar-refractivity contribution is -0.147. The van der Waals surface area contributed by atoms with Gasteiger partial charge in [-0.05, 0) is 62.6 Å². The third kappa shape index (κ3) is 7.08. The van der Waals surface area contributed by atoms with E-state index >= 15 is 0 Å². The number of amidine groups is 1. The van der Waals surface area contributed by atoms with Gasteiger partial charge in [-0.25, -0.2) is 4.99 Å². The summed E-state index contributed by atoms with van der Waals surface area (Å²) in [4.78, 5) is 34.3. The van der Waals surface area contributed by atoms with Gasteiger partial charge in [0, 0.05) is 12.5 Å². The molecule has 1 N–H and O–H groups in total. The Morgan fingerprint density at radius 2 is 1.17 bits per heavy atom. The third-order valence-corrected chi connectivity index (χ3v) is 15.7. The Morgan fingerprint density at radius 1 is 0.722 bits per heavy atom. The quantitative estimate of drug-likeness (QED) is 0.109. The van der Waals surface area contributed by atoms with Crippen molar-refractivity contribution in [3.05, 3.63) is 168 Å². The summed E-state index contributed by atoms with van der Waals surface area (Å²) in [5, 5.41) is 13.4. The van der Waals surface area contributed by atoms with Crippen molar-refractivity contribution < 1.29 is 19.1 Å². The lowest BCUT2D eigenvalue weighted by atomic mass is 9.57. The molecule has 0 aliphatic carbocycles. The smallest absolute Gasteiger partial charge is 0.319 e. The Balaban J connectivity index is 1.33. The highest BCUT2D eigenvalue weighted by molar-refractivity contribution is 7.00. The van der Waals surface area contributed by atoms with Gasteiger partial charge in [0.15, 0.2) is 0 Å². The van der Waals surface area contributed by atoms with Gasteiger partial charge in [0.05, 0.1) is 0 Å². The van der Waals surface area contributed by atoms with Crippen molar-refractivity contribution in [3.8, 4) is 5.75 Å². The fourth-order valence-corrected chi connectivity index (χ4v) is 12.5. The van der Waals surface area contributed by atoms with Crippen LogP contribution in [0.5, 0.6) is 5.75 Å². The van der Waals surface area contributed by atoms with Crippen LogP contribution in [0.3, 0.4) is 0 Å². The van der Waals surface area contributed by atoms with E-state index in [0.717, 1.165) is 11.3 Å². The topological polar surface area (TPSA) is 79.2 Å². The molecule has 54 heavy (non-hydrogen) atoms. The lowest BCUT2D eigenvalue weighted by Gasteiger charge is -2.46. The number of rotatable bonds is 11. The first kappa shape index (κ1) is 38.2. The van der Waals surface area contributed by atoms with E-state index in [1.165, 1.54) is 10.4 Å². The molecule has 276 valence electrons. The molecule has 7 heteroatoms. The standard InChI is InChI=1S/C47H50N2O4Si/c1-34-48-41(32-35-28-30-38(31-29-35)53-54(46(5,6)7,39-24-16-10-17-25-39)40-26-18-11-19-27-40)43(50)49(34)33-42(45(2,3)4)47(44(51)52,36-20-12-8-13-21-36)37-22-14-9-15-23-37/h8-32,42H,33H2,1-7H3,(H,51,52)/b41-32-. The van der Waals surface area contributed by atoms with Gasteiger partial charge in [-0.15, -0.1) is 0 Å². The van der Waals surface area contributed by atoms with Crippen molar-refractivity contribution in [3.63, 3.8) is 0 Å². The molecule has 1 amide bonds. The molecule has 0 radical (unpaired) electrons. The zero-order chi connectivity index (χ0) is 38.7. The maximum absolute atomic E-state index is 14.2. The van der Waals surface area contributed by atoms with Crippen LogP contribution in [0.2, 0.25) is 5.04 Å². The van der Waals surface area contributed by atoms with E-state index in [-0.39, 0.29) is 17.5 Å². The molecule has 1 atom stereocenters. The van der Waals surface area contributed by atoms with Gasteiger partial charge < -0.3 is 9.53 Å². The molecule has 1 aliphatic heterocycles. The minimum absolute atomic E-state index is 0.163. The van der Waals surface area contributed by atoms with Crippen molar-refractivity contribution in [2.24, 2.45) is 16.3 Å². The Bertz CT molecular complexity index is 2060. The molecule has 0 spiro atoms. The van der Waals surface area contributed by atoms with Gasteiger partial charge in [-0.3, -0.25) is 14.5 Å². The zero-order valence-electron chi connectivity index (χ0n) is 32.3. The highest BCUT2D eigenvalue weighted by atomic mass is 28.4. The number of amides is 1. The van der Waals surface area contributed by atoms with Gasteiger partial charge in [-0.2, -0.15) is 0 Å². The maximum Gasteiger partial charge on any atom is 0.319 e. The lowest BCUT2D eigenvalue weighted by Crippen LogP contribution is -2.68. The number of nitrogens with zero attached hydrogens (tertiary/aromatic N) is 2. The summed E-state index contributed by atoms with van der Waals surface area (Å²) < 4.78 is 7.19. The number of carboxylic acid groups (broad SMARTS) is 1. The number of aliphatic imine (C=N–C) groups is 1. The van der Waals surface area contributed by atoms with E-state index in [4.69, 9.17) is 9.42 Å². The van der Waals surface area contributed by atoms with Gasteiger partial charge >= 0.3 is 14.3 Å². The second-order valence-electron chi connectivity index (χ2n) is 16.2. The molecule has 0 saturated heterocycles. The highest BCUT2D eigenvalue weighted by Crippen LogP contribution is 2.48. The van der Waals surface area contributed by atoms with Crippen LogP contribution in [0.25, 0.3) is 6.08 Å². The average molecular weight is 735 g/mol. The fourth-order valence-electron chi connectivity index (χ4n) is 8.10. The van der Waals surface area contributed by atoms with Crippen LogP contribution in [0.15, 0.2) is 156 Å². The van der Waals surface area contributed by atoms with Crippen LogP contribution < -0.4 is 14.8 Å². The van der Waals surface area contributed by atoms with E-state index in [0.29, 0.717) is 22.7 Å². The number of hydrogen-bond acceptors (Lipinski definition) is 4. The summed E-state index contributed by atoms with van der Waals surface area (Å²) in [5.74, 6) is -0.455. The molecule has 6 rings (SSSR count). The van der Waals surface area contributed by atoms with E-state index in [9.17, 15) is 14.7 Å². The van der Waals surface area contributed by atoms with Gasteiger partial charge in [0.1, 0.15) is 22.7 Å². The SMILES string of the molecule is CC1=N/C(=C\c2ccc(O[Si](c3ccccc3)(c3ccccc3)C(C)(C)C)cc2)C(=O)N1CC(C(C)(C)C)C(C(=O)O)(c1ccccc1)c1ccccc1. The Hall–Kier alpha value is -5.53. The minimum Gasteiger partial charge on any atom is -0.534 e. The molecule has 0 fully saturated rings. The zero-order valence-corrected chi connectivity index (χ0v) is 33.3. The summed E-state index contributed by atoms with van der Waals surface area (Å²) >= 11 is 0. The molecule has 1 heterocycles. The van der Waals surface area contributed by atoms with Crippen molar-refractivity contribution >= 4 is 42.5 Å². The molecule has 5 aromatic carbocycles. The fraction of sp³-hybridized carbons (Fsp3) is 0.255. The molecule has 0 bridgehead atoms. The molecule has 1 aliphatic rings. The number of hydrogen-bond donors (Lipinski definition) is 1. The van der Waals surface area contributed by atoms with Gasteiger partial charge in [-0.1, -0.05) is 175 Å². The summed E-state index contributed by atoms with van der Waals surface area (Å²) in [6.45, 7) is 14.9. The normalized spacial score (nSPS) is 15.2. The summed E-state index contributed by atoms with van der Waals surface area (Å²) in [5.41, 5.74) is 0.489. The Kier molecular flexibility index (Phi) is 10.7. The molecule has 0 aromatic heterocycles. The first-order chi connectivity index (χ1) is 25.7. The van der Waals surface area contributed by atoms with E-state index < -0.39 is 31.0 Å². The maximum atomic E-state index is 14.2. The molecular formula is C47H50N2O4Si. The van der Waals surface area contributed by atoms with Crippen LogP contribution in [0.1, 0.15) is 65.2 Å². The van der Waals surface area contributed by atoms with Crippen LogP contribution in [0, 0.1) is 11.3 Å². The van der Waals surface area contributed by atoms with E-state index in [1.54, 1.807) is 11.0 Å². The summed E-state index contributed by atoms with van der Waals surface area (Å²) in [6, 6.07) is 47.7. The van der Waals surface area contributed by atoms with Crippen molar-refractivity contribution in [1.29, 1.82) is 0 Å².